The molecule has 37 heavy (non-hydrogen) atoms. The zero-order valence-corrected chi connectivity index (χ0v) is 26.3. The van der Waals surface area contributed by atoms with Gasteiger partial charge in [0.2, 0.25) is 0 Å². The topological polar surface area (TPSA) is 55.8 Å². The first-order valence-corrected chi connectivity index (χ1v) is 16.7. The van der Waals surface area contributed by atoms with E-state index in [4.69, 9.17) is 9.05 Å². The molecule has 0 aromatic heterocycles. The van der Waals surface area contributed by atoms with Gasteiger partial charge in [0.1, 0.15) is 5.75 Å². The second-order valence-electron chi connectivity index (χ2n) is 12.9. The van der Waals surface area contributed by atoms with Crippen LogP contribution in [-0.2, 0) is 19.9 Å². The molecule has 0 heterocycles. The van der Waals surface area contributed by atoms with E-state index in [0.29, 0.717) is 5.75 Å². The quantitative estimate of drug-likeness (QED) is 0.132. The molecule has 1 aromatic carbocycles. The van der Waals surface area contributed by atoms with Crippen molar-refractivity contribution in [1.82, 2.24) is 0 Å². The van der Waals surface area contributed by atoms with E-state index in [-0.39, 0.29) is 17.4 Å². The largest absolute Gasteiger partial charge is 0.527 e. The van der Waals surface area contributed by atoms with E-state index in [2.05, 4.69) is 54.5 Å². The molecule has 0 aliphatic carbocycles. The standard InChI is InChI=1S/C32H59O4P/c1-8-9-10-11-12-13-14-15-16-17-18-19-20-21-22-23-26-35-37(33,34)36-30-25-24-28(31(2,3)4)27-29(30)32(5,6)7/h24-25,27H,8-23,26H2,1-7H3,(H,33,34). The maximum absolute atomic E-state index is 12.6. The highest BCUT2D eigenvalue weighted by atomic mass is 31.2. The first kappa shape index (κ1) is 34.2. The van der Waals surface area contributed by atoms with Crippen molar-refractivity contribution < 1.29 is 18.5 Å². The Morgan fingerprint density at radius 2 is 1.11 bits per heavy atom. The Kier molecular flexibility index (Phi) is 16.4. The molecule has 1 aromatic rings. The Labute approximate surface area is 229 Å². The van der Waals surface area contributed by atoms with Crippen LogP contribution in [0.5, 0.6) is 5.75 Å². The van der Waals surface area contributed by atoms with Gasteiger partial charge in [-0.15, -0.1) is 0 Å². The lowest BCUT2D eigenvalue weighted by Crippen LogP contribution is -2.17. The van der Waals surface area contributed by atoms with Crippen molar-refractivity contribution in [3.63, 3.8) is 0 Å². The third-order valence-electron chi connectivity index (χ3n) is 7.12. The minimum Gasteiger partial charge on any atom is -0.404 e. The first-order chi connectivity index (χ1) is 17.4. The maximum Gasteiger partial charge on any atom is 0.527 e. The lowest BCUT2D eigenvalue weighted by Gasteiger charge is -2.27. The predicted molar refractivity (Wildman–Crippen MR) is 160 cm³/mol. The highest BCUT2D eigenvalue weighted by Crippen LogP contribution is 2.47. The number of unbranched alkanes of at least 4 members (excludes halogenated alkanes) is 15. The zero-order valence-electron chi connectivity index (χ0n) is 25.4. The van der Waals surface area contributed by atoms with Gasteiger partial charge in [-0.2, -0.15) is 0 Å². The third-order valence-corrected chi connectivity index (χ3v) is 8.06. The summed E-state index contributed by atoms with van der Waals surface area (Å²) in [6.45, 7) is 15.3. The van der Waals surface area contributed by atoms with Crippen LogP contribution < -0.4 is 4.52 Å². The van der Waals surface area contributed by atoms with Gasteiger partial charge in [-0.1, -0.05) is 157 Å². The minimum atomic E-state index is -4.16. The fraction of sp³-hybridized carbons (Fsp3) is 0.812. The van der Waals surface area contributed by atoms with E-state index >= 15 is 0 Å². The minimum absolute atomic E-state index is 0.00875. The van der Waals surface area contributed by atoms with Crippen LogP contribution in [0.25, 0.3) is 0 Å². The van der Waals surface area contributed by atoms with Crippen LogP contribution >= 0.6 is 7.82 Å². The van der Waals surface area contributed by atoms with Gasteiger partial charge in [-0.3, -0.25) is 9.42 Å². The van der Waals surface area contributed by atoms with E-state index in [0.717, 1.165) is 24.8 Å². The zero-order chi connectivity index (χ0) is 27.8. The van der Waals surface area contributed by atoms with Crippen LogP contribution in [0.4, 0.5) is 0 Å². The summed E-state index contributed by atoms with van der Waals surface area (Å²) in [6, 6.07) is 5.87. The number of phosphoric ester groups is 1. The second-order valence-corrected chi connectivity index (χ2v) is 14.3. The summed E-state index contributed by atoms with van der Waals surface area (Å²) in [6.07, 6.45) is 20.8. The Bertz CT molecular complexity index is 776. The summed E-state index contributed by atoms with van der Waals surface area (Å²) in [4.78, 5) is 10.3. The van der Waals surface area contributed by atoms with Crippen LogP contribution in [0.1, 0.15) is 162 Å². The van der Waals surface area contributed by atoms with E-state index < -0.39 is 7.82 Å². The number of phosphoric acid groups is 1. The summed E-state index contributed by atoms with van der Waals surface area (Å²) in [5.41, 5.74) is 1.86. The van der Waals surface area contributed by atoms with Gasteiger partial charge in [0.25, 0.3) is 0 Å². The van der Waals surface area contributed by atoms with Gasteiger partial charge < -0.3 is 4.52 Å². The molecule has 0 bridgehead atoms. The number of benzene rings is 1. The fourth-order valence-electron chi connectivity index (χ4n) is 4.64. The molecule has 1 atom stereocenters. The molecule has 216 valence electrons. The lowest BCUT2D eigenvalue weighted by atomic mass is 9.80. The van der Waals surface area contributed by atoms with E-state index in [1.54, 1.807) is 0 Å². The van der Waals surface area contributed by atoms with Crippen LogP contribution in [0, 0.1) is 0 Å². The summed E-state index contributed by atoms with van der Waals surface area (Å²) in [5.74, 6) is 0.429. The fourth-order valence-corrected chi connectivity index (χ4v) is 5.46. The monoisotopic (exact) mass is 538 g/mol. The molecule has 5 heteroatoms. The van der Waals surface area contributed by atoms with Gasteiger partial charge in [-0.05, 0) is 28.9 Å². The van der Waals surface area contributed by atoms with E-state index in [1.807, 2.05) is 12.1 Å². The van der Waals surface area contributed by atoms with Gasteiger partial charge in [0, 0.05) is 5.56 Å². The van der Waals surface area contributed by atoms with E-state index in [1.165, 1.54) is 89.0 Å². The van der Waals surface area contributed by atoms with Crippen LogP contribution in [0.2, 0.25) is 0 Å². The van der Waals surface area contributed by atoms with Crippen molar-refractivity contribution in [3.05, 3.63) is 29.3 Å². The average molecular weight is 539 g/mol. The normalized spacial score (nSPS) is 14.1. The summed E-state index contributed by atoms with van der Waals surface area (Å²) in [7, 11) is -4.16. The highest BCUT2D eigenvalue weighted by Gasteiger charge is 2.29. The molecule has 0 saturated carbocycles. The van der Waals surface area contributed by atoms with Gasteiger partial charge >= 0.3 is 7.82 Å². The molecule has 0 radical (unpaired) electrons. The average Bonchev–Trinajstić information content (AvgIpc) is 2.79. The molecule has 1 unspecified atom stereocenters. The Balaban J connectivity index is 2.19. The molecule has 4 nitrogen and oxygen atoms in total. The van der Waals surface area contributed by atoms with Crippen LogP contribution in [-0.4, -0.2) is 11.5 Å². The summed E-state index contributed by atoms with van der Waals surface area (Å²) >= 11 is 0. The summed E-state index contributed by atoms with van der Waals surface area (Å²) < 4.78 is 23.5. The van der Waals surface area contributed by atoms with Crippen molar-refractivity contribution in [2.45, 2.75) is 162 Å². The van der Waals surface area contributed by atoms with Crippen molar-refractivity contribution in [2.24, 2.45) is 0 Å². The maximum atomic E-state index is 12.6. The van der Waals surface area contributed by atoms with Gasteiger partial charge in [-0.25, -0.2) is 4.57 Å². The smallest absolute Gasteiger partial charge is 0.404 e. The Hall–Kier alpha value is -0.830. The van der Waals surface area contributed by atoms with Gasteiger partial charge in [0.15, 0.2) is 0 Å². The molecule has 1 rings (SSSR count). The molecule has 1 N–H and O–H groups in total. The predicted octanol–water partition coefficient (Wildman–Crippen LogP) is 11.0. The number of hydrogen-bond acceptors (Lipinski definition) is 3. The molecule has 0 amide bonds. The van der Waals surface area contributed by atoms with Crippen LogP contribution in [0.15, 0.2) is 18.2 Å². The Morgan fingerprint density at radius 1 is 0.676 bits per heavy atom. The number of hydrogen-bond donors (Lipinski definition) is 1. The molecular formula is C32H59O4P. The van der Waals surface area contributed by atoms with Crippen molar-refractivity contribution >= 4 is 7.82 Å². The van der Waals surface area contributed by atoms with E-state index in [9.17, 15) is 9.46 Å². The van der Waals surface area contributed by atoms with Crippen LogP contribution in [0.3, 0.4) is 0 Å². The Morgan fingerprint density at radius 3 is 1.51 bits per heavy atom. The highest BCUT2D eigenvalue weighted by molar-refractivity contribution is 7.47. The molecule has 0 fully saturated rings. The lowest BCUT2D eigenvalue weighted by molar-refractivity contribution is 0.198. The summed E-state index contributed by atoms with van der Waals surface area (Å²) in [5, 5.41) is 0. The molecule has 0 spiro atoms. The molecule has 0 aliphatic rings. The van der Waals surface area contributed by atoms with Crippen molar-refractivity contribution in [3.8, 4) is 5.75 Å². The van der Waals surface area contributed by atoms with Gasteiger partial charge in [0.05, 0.1) is 6.61 Å². The molecule has 0 aliphatic heterocycles. The molecular weight excluding hydrogens is 479 g/mol. The SMILES string of the molecule is CCCCCCCCCCCCCCCCCCOP(=O)(O)Oc1ccc(C(C)(C)C)cc1C(C)(C)C. The number of rotatable bonds is 20. The third kappa shape index (κ3) is 16.0. The molecule has 0 saturated heterocycles. The van der Waals surface area contributed by atoms with Crippen molar-refractivity contribution in [2.75, 3.05) is 6.61 Å². The first-order valence-electron chi connectivity index (χ1n) is 15.2. The second kappa shape index (κ2) is 17.7. The van der Waals surface area contributed by atoms with Crippen molar-refractivity contribution in [1.29, 1.82) is 0 Å².